The highest BCUT2D eigenvalue weighted by atomic mass is 16.1. The van der Waals surface area contributed by atoms with Crippen LogP contribution in [0.5, 0.6) is 0 Å². The third-order valence-electron chi connectivity index (χ3n) is 1.94. The first-order chi connectivity index (χ1) is 4.47. The van der Waals surface area contributed by atoms with Gasteiger partial charge in [-0.05, 0) is 24.7 Å². The van der Waals surface area contributed by atoms with Crippen molar-refractivity contribution in [2.24, 2.45) is 10.8 Å². The van der Waals surface area contributed by atoms with Crippen molar-refractivity contribution in [3.63, 3.8) is 0 Å². The summed E-state index contributed by atoms with van der Waals surface area (Å²) in [6.45, 7) is 6.51. The molecule has 10 heavy (non-hydrogen) atoms. The largest absolute Gasteiger partial charge is 0.290 e. The lowest BCUT2D eigenvalue weighted by atomic mass is 9.83. The van der Waals surface area contributed by atoms with Crippen LogP contribution in [-0.4, -0.2) is 6.29 Å². The third-order valence-corrected chi connectivity index (χ3v) is 1.94. The number of hydrogen-bond acceptors (Lipinski definition) is 1. The van der Waals surface area contributed by atoms with Gasteiger partial charge in [-0.2, -0.15) is 0 Å². The van der Waals surface area contributed by atoms with Gasteiger partial charge in [-0.3, -0.25) is 4.79 Å². The van der Waals surface area contributed by atoms with Gasteiger partial charge in [0.1, 0.15) is 0 Å². The zero-order valence-corrected chi connectivity index (χ0v) is 7.03. The Labute approximate surface area is 62.8 Å². The predicted octanol–water partition coefficient (Wildman–Crippen LogP) is 2.31. The Morgan fingerprint density at radius 3 is 2.00 bits per heavy atom. The molecule has 0 bridgehead atoms. The smallest absolute Gasteiger partial charge is 0.205 e. The maximum absolute atomic E-state index is 10.4. The molecule has 0 unspecified atom stereocenters. The second kappa shape index (κ2) is 2.08. The van der Waals surface area contributed by atoms with E-state index >= 15 is 0 Å². The van der Waals surface area contributed by atoms with Crippen molar-refractivity contribution in [2.75, 3.05) is 0 Å². The van der Waals surface area contributed by atoms with Gasteiger partial charge in [-0.1, -0.05) is 20.8 Å². The Morgan fingerprint density at radius 1 is 1.40 bits per heavy atom. The molecule has 0 aromatic carbocycles. The molecule has 0 aromatic heterocycles. The molecular weight excluding hydrogens is 124 g/mol. The highest BCUT2D eigenvalue weighted by molar-refractivity contribution is 5.64. The predicted molar refractivity (Wildman–Crippen MR) is 41.4 cm³/mol. The minimum absolute atomic E-state index is 0.0295. The Bertz CT molecular complexity index is 137. The molecule has 1 aliphatic rings. The van der Waals surface area contributed by atoms with E-state index in [1.165, 1.54) is 0 Å². The van der Waals surface area contributed by atoms with Crippen LogP contribution in [-0.2, 0) is 4.79 Å². The highest BCUT2D eigenvalue weighted by Crippen LogP contribution is 2.51. The van der Waals surface area contributed by atoms with Crippen molar-refractivity contribution in [3.05, 3.63) is 0 Å². The van der Waals surface area contributed by atoms with E-state index in [0.29, 0.717) is 0 Å². The summed E-state index contributed by atoms with van der Waals surface area (Å²) in [4.78, 5) is 10.4. The van der Waals surface area contributed by atoms with Gasteiger partial charge in [0.2, 0.25) is 6.29 Å². The van der Waals surface area contributed by atoms with Crippen molar-refractivity contribution in [1.82, 2.24) is 0 Å². The van der Waals surface area contributed by atoms with E-state index in [-0.39, 0.29) is 10.8 Å². The minimum atomic E-state index is -0.0295. The van der Waals surface area contributed by atoms with Gasteiger partial charge in [0.05, 0.1) is 0 Å². The summed E-state index contributed by atoms with van der Waals surface area (Å²) in [6, 6.07) is 0. The fourth-order valence-electron chi connectivity index (χ4n) is 1.48. The summed E-state index contributed by atoms with van der Waals surface area (Å²) in [5.41, 5.74) is 0.256. The second-order valence-electron chi connectivity index (χ2n) is 4.62. The van der Waals surface area contributed by atoms with Crippen LogP contribution in [0.3, 0.4) is 0 Å². The van der Waals surface area contributed by atoms with Gasteiger partial charge in [-0.25, -0.2) is 0 Å². The van der Waals surface area contributed by atoms with E-state index in [2.05, 4.69) is 27.1 Å². The molecule has 0 saturated heterocycles. The van der Waals surface area contributed by atoms with Crippen LogP contribution >= 0.6 is 0 Å². The fourth-order valence-corrected chi connectivity index (χ4v) is 1.48. The summed E-state index contributed by atoms with van der Waals surface area (Å²) in [5.74, 6) is 0. The van der Waals surface area contributed by atoms with Crippen LogP contribution in [0.15, 0.2) is 0 Å². The van der Waals surface area contributed by atoms with Crippen molar-refractivity contribution < 1.29 is 4.79 Å². The topological polar surface area (TPSA) is 17.1 Å². The van der Waals surface area contributed by atoms with Gasteiger partial charge >= 0.3 is 0 Å². The Morgan fingerprint density at radius 2 is 1.90 bits per heavy atom. The summed E-state index contributed by atoms with van der Waals surface area (Å²) < 4.78 is 0. The monoisotopic (exact) mass is 139 g/mol. The molecule has 1 saturated carbocycles. The van der Waals surface area contributed by atoms with Gasteiger partial charge in [0, 0.05) is 5.41 Å². The van der Waals surface area contributed by atoms with E-state index in [1.54, 1.807) is 0 Å². The Kier molecular flexibility index (Phi) is 1.61. The summed E-state index contributed by atoms with van der Waals surface area (Å²) >= 11 is 0. The molecule has 1 radical (unpaired) electrons. The molecule has 0 aliphatic heterocycles. The number of carbonyl (C=O) groups excluding carboxylic acids is 1. The van der Waals surface area contributed by atoms with Crippen molar-refractivity contribution in [3.8, 4) is 0 Å². The molecule has 1 nitrogen and oxygen atoms in total. The molecule has 1 heteroatoms. The lowest BCUT2D eigenvalue weighted by Crippen LogP contribution is -2.14. The molecule has 57 valence electrons. The van der Waals surface area contributed by atoms with E-state index in [1.807, 2.05) is 0 Å². The average Bonchev–Trinajstić information content (AvgIpc) is 2.45. The summed E-state index contributed by atoms with van der Waals surface area (Å²) in [5, 5.41) is 0. The Balaban J connectivity index is 2.45. The third kappa shape index (κ3) is 1.83. The van der Waals surface area contributed by atoms with Crippen LogP contribution < -0.4 is 0 Å². The van der Waals surface area contributed by atoms with Crippen molar-refractivity contribution in [2.45, 2.75) is 40.0 Å². The van der Waals surface area contributed by atoms with Crippen molar-refractivity contribution >= 4 is 6.29 Å². The van der Waals surface area contributed by atoms with Gasteiger partial charge in [0.15, 0.2) is 0 Å². The van der Waals surface area contributed by atoms with Gasteiger partial charge in [-0.15, -0.1) is 0 Å². The van der Waals surface area contributed by atoms with Crippen LogP contribution in [0.2, 0.25) is 0 Å². The van der Waals surface area contributed by atoms with E-state index in [0.717, 1.165) is 19.3 Å². The molecule has 0 amide bonds. The maximum Gasteiger partial charge on any atom is 0.205 e. The molecular formula is C9H15O. The molecule has 0 heterocycles. The summed E-state index contributed by atoms with van der Waals surface area (Å²) in [6.07, 6.45) is 5.29. The van der Waals surface area contributed by atoms with Crippen molar-refractivity contribution in [1.29, 1.82) is 0 Å². The normalized spacial score (nSPS) is 22.3. The average molecular weight is 139 g/mol. The van der Waals surface area contributed by atoms with E-state index < -0.39 is 0 Å². The molecule has 1 aliphatic carbocycles. The molecule has 0 spiro atoms. The number of hydrogen-bond donors (Lipinski definition) is 0. The summed E-state index contributed by atoms with van der Waals surface area (Å²) in [7, 11) is 0. The highest BCUT2D eigenvalue weighted by Gasteiger charge is 2.45. The fraction of sp³-hybridized carbons (Fsp3) is 0.889. The first kappa shape index (κ1) is 7.77. The molecule has 0 aromatic rings. The lowest BCUT2D eigenvalue weighted by molar-refractivity contribution is 0.318. The van der Waals surface area contributed by atoms with E-state index in [4.69, 9.17) is 0 Å². The van der Waals surface area contributed by atoms with Crippen LogP contribution in [0, 0.1) is 10.8 Å². The zero-order valence-electron chi connectivity index (χ0n) is 7.03. The SMILES string of the molecule is CC(C)(C)CC1([C]=O)CC1. The standard InChI is InChI=1S/C9H15O/c1-8(2,3)6-9(7-10)4-5-9/h4-6H2,1-3H3. The first-order valence-corrected chi connectivity index (χ1v) is 3.87. The quantitative estimate of drug-likeness (QED) is 0.573. The molecule has 0 atom stereocenters. The van der Waals surface area contributed by atoms with Gasteiger partial charge in [0.25, 0.3) is 0 Å². The molecule has 0 N–H and O–H groups in total. The second-order valence-corrected chi connectivity index (χ2v) is 4.62. The van der Waals surface area contributed by atoms with E-state index in [9.17, 15) is 4.79 Å². The molecule has 1 fully saturated rings. The lowest BCUT2D eigenvalue weighted by Gasteiger charge is -2.20. The maximum atomic E-state index is 10.4. The first-order valence-electron chi connectivity index (χ1n) is 3.87. The molecule has 1 rings (SSSR count). The minimum Gasteiger partial charge on any atom is -0.290 e. The number of rotatable bonds is 2. The Hall–Kier alpha value is -0.330. The van der Waals surface area contributed by atoms with Gasteiger partial charge < -0.3 is 0 Å². The van der Waals surface area contributed by atoms with Crippen LogP contribution in [0.1, 0.15) is 40.0 Å². The van der Waals surface area contributed by atoms with Crippen LogP contribution in [0.4, 0.5) is 0 Å². The van der Waals surface area contributed by atoms with Crippen LogP contribution in [0.25, 0.3) is 0 Å². The zero-order chi connectivity index (χ0) is 7.83.